The number of benzene rings is 2. The first kappa shape index (κ1) is 41.1. The van der Waals surface area contributed by atoms with Crippen molar-refractivity contribution in [3.63, 3.8) is 0 Å². The molecule has 2 aromatic carbocycles. The summed E-state index contributed by atoms with van der Waals surface area (Å²) < 4.78 is 3.19. The third-order valence-electron chi connectivity index (χ3n) is 9.39. The van der Waals surface area contributed by atoms with Gasteiger partial charge in [0.15, 0.2) is 5.78 Å². The van der Waals surface area contributed by atoms with Gasteiger partial charge < -0.3 is 9.67 Å². The zero-order valence-corrected chi connectivity index (χ0v) is 34.6. The van der Waals surface area contributed by atoms with Crippen LogP contribution in [0.5, 0.6) is 0 Å². The summed E-state index contributed by atoms with van der Waals surface area (Å²) in [7, 11) is 4.29. The molecule has 50 heavy (non-hydrogen) atoms. The van der Waals surface area contributed by atoms with E-state index < -0.39 is 0 Å². The summed E-state index contributed by atoms with van der Waals surface area (Å²) in [5.74, 6) is 1.18. The van der Waals surface area contributed by atoms with Gasteiger partial charge in [0.2, 0.25) is 0 Å². The van der Waals surface area contributed by atoms with Crippen LogP contribution in [0.4, 0.5) is 0 Å². The van der Waals surface area contributed by atoms with Crippen molar-refractivity contribution in [2.45, 2.75) is 99.8 Å². The molecule has 5 aromatic rings. The molecule has 0 bridgehead atoms. The first-order valence-corrected chi connectivity index (χ1v) is 18.8. The molecule has 269 valence electrons. The molecular weight excluding hydrogens is 813 g/mol. The molecule has 0 amide bonds. The van der Waals surface area contributed by atoms with Crippen LogP contribution >= 0.6 is 11.3 Å². The Bertz CT molecular complexity index is 1910. The summed E-state index contributed by atoms with van der Waals surface area (Å²) in [6, 6.07) is 21.2. The Kier molecular flexibility index (Phi) is 15.0. The average molecular weight is 868 g/mol. The fraction of sp³-hybridized carbons (Fsp3) is 0.409. The minimum atomic E-state index is 0. The zero-order valence-electron chi connectivity index (χ0n) is 31.4. The van der Waals surface area contributed by atoms with Crippen LogP contribution in [0, 0.1) is 30.9 Å². The van der Waals surface area contributed by atoms with Crippen LogP contribution in [0.25, 0.3) is 43.2 Å². The third kappa shape index (κ3) is 9.93. The van der Waals surface area contributed by atoms with E-state index in [1.807, 2.05) is 62.2 Å². The maximum absolute atomic E-state index is 11.7. The molecule has 1 N–H and O–H groups in total. The van der Waals surface area contributed by atoms with E-state index in [-0.39, 0.29) is 48.9 Å². The van der Waals surface area contributed by atoms with Crippen LogP contribution < -0.4 is 4.57 Å². The molecule has 0 atom stereocenters. The van der Waals surface area contributed by atoms with Crippen LogP contribution in [0.3, 0.4) is 0 Å². The Morgan fingerprint density at radius 3 is 2.24 bits per heavy atom. The van der Waals surface area contributed by atoms with Crippen LogP contribution in [-0.4, -0.2) is 15.9 Å². The number of allylic oxidation sites excluding steroid dienone is 2. The summed E-state index contributed by atoms with van der Waals surface area (Å²) in [4.78, 5) is 17.7. The smallest absolute Gasteiger partial charge is 0.162 e. The molecule has 1 radical (unpaired) electrons. The Hall–Kier alpha value is -3.31. The molecule has 4 nitrogen and oxygen atoms in total. The van der Waals surface area contributed by atoms with Crippen molar-refractivity contribution in [2.24, 2.45) is 17.8 Å². The van der Waals surface area contributed by atoms with Gasteiger partial charge in [-0.1, -0.05) is 91.5 Å². The van der Waals surface area contributed by atoms with Gasteiger partial charge in [0, 0.05) is 73.3 Å². The predicted octanol–water partition coefficient (Wildman–Crippen LogP) is 11.9. The third-order valence-corrected chi connectivity index (χ3v) is 10.5. The van der Waals surface area contributed by atoms with Crippen molar-refractivity contribution in [1.29, 1.82) is 0 Å². The molecule has 0 saturated heterocycles. The SMILES string of the molecule is CCC(CC)C(=O)/C=C(\O)C(CC)CC.[CH2-][n+]1ccc(-c2cncc3sc(CC(C)C)cc23)cc1-c1[c-]c2ccccc2c(C(C)(C)C)c1.[Ir]. The Balaban J connectivity index is 0.000000361. The Morgan fingerprint density at radius 2 is 1.62 bits per heavy atom. The molecule has 0 unspecified atom stereocenters. The van der Waals surface area contributed by atoms with Gasteiger partial charge in [-0.25, -0.2) is 0 Å². The van der Waals surface area contributed by atoms with Crippen molar-refractivity contribution in [3.8, 4) is 22.4 Å². The van der Waals surface area contributed by atoms with Gasteiger partial charge in [0.1, 0.15) is 5.69 Å². The second-order valence-corrected chi connectivity index (χ2v) is 15.7. The van der Waals surface area contributed by atoms with Gasteiger partial charge in [-0.2, -0.15) is 0 Å². The largest absolute Gasteiger partial charge is 0.512 e. The van der Waals surface area contributed by atoms with E-state index in [1.165, 1.54) is 37.6 Å². The number of aliphatic hydroxyl groups excluding tert-OH is 1. The molecule has 0 spiro atoms. The summed E-state index contributed by atoms with van der Waals surface area (Å²) in [5, 5.41) is 13.4. The van der Waals surface area contributed by atoms with Crippen molar-refractivity contribution < 1.29 is 34.6 Å². The molecule has 0 fully saturated rings. The quantitative estimate of drug-likeness (QED) is 0.0623. The van der Waals surface area contributed by atoms with Gasteiger partial charge in [-0.05, 0) is 67.2 Å². The van der Waals surface area contributed by atoms with E-state index in [4.69, 9.17) is 0 Å². The number of thiophene rings is 1. The van der Waals surface area contributed by atoms with E-state index in [0.29, 0.717) is 5.92 Å². The predicted molar refractivity (Wildman–Crippen MR) is 209 cm³/mol. The van der Waals surface area contributed by atoms with Crippen molar-refractivity contribution in [3.05, 3.63) is 103 Å². The number of aromatic nitrogens is 2. The van der Waals surface area contributed by atoms with Gasteiger partial charge in [0.25, 0.3) is 0 Å². The number of ketones is 1. The maximum atomic E-state index is 11.7. The summed E-state index contributed by atoms with van der Waals surface area (Å²) in [5.41, 5.74) is 5.77. The Labute approximate surface area is 318 Å². The van der Waals surface area contributed by atoms with E-state index in [1.54, 1.807) is 0 Å². The monoisotopic (exact) mass is 868 g/mol. The zero-order chi connectivity index (χ0) is 35.9. The van der Waals surface area contributed by atoms with E-state index in [9.17, 15) is 9.90 Å². The molecular formula is C44H55IrN2O2S-. The molecule has 0 saturated carbocycles. The second-order valence-electron chi connectivity index (χ2n) is 14.6. The minimum absolute atomic E-state index is 0. The normalized spacial score (nSPS) is 12.0. The van der Waals surface area contributed by atoms with Crippen LogP contribution in [0.15, 0.2) is 79.0 Å². The van der Waals surface area contributed by atoms with E-state index >= 15 is 0 Å². The van der Waals surface area contributed by atoms with Crippen LogP contribution in [0.2, 0.25) is 0 Å². The topological polar surface area (TPSA) is 54.1 Å². The molecule has 0 aliphatic heterocycles. The molecule has 0 aliphatic rings. The molecule has 3 aromatic heterocycles. The molecule has 3 heterocycles. The fourth-order valence-corrected chi connectivity index (χ4v) is 7.71. The van der Waals surface area contributed by atoms with E-state index in [0.717, 1.165) is 54.3 Å². The number of hydrogen-bond acceptors (Lipinski definition) is 4. The van der Waals surface area contributed by atoms with Crippen LogP contribution in [-0.2, 0) is 36.7 Å². The number of pyridine rings is 2. The number of aliphatic hydroxyl groups is 1. The van der Waals surface area contributed by atoms with Gasteiger partial charge in [-0.3, -0.25) is 9.78 Å². The number of carbonyl (C=O) groups excluding carboxylic acids is 1. The Morgan fingerprint density at radius 1 is 0.960 bits per heavy atom. The number of fused-ring (bicyclic) bond motifs is 2. The molecule has 6 heteroatoms. The summed E-state index contributed by atoms with van der Waals surface area (Å²) >= 11 is 1.86. The average Bonchev–Trinajstić information content (AvgIpc) is 3.47. The van der Waals surface area contributed by atoms with Gasteiger partial charge >= 0.3 is 0 Å². The number of nitrogens with zero attached hydrogens (tertiary/aromatic N) is 2. The standard InChI is InChI=1S/C31H31N2S.C13H24O2.Ir/c1-20(2)13-24-17-26-27(18-32-19-30(26)34-24)22-11-12-33(6)29(16-22)23-14-21-9-7-8-10-25(21)28(15-23)31(3,4)5;1-5-10(6-2)12(14)9-13(15)11(7-3)8-4;/h7-12,15-20H,6,13H2,1-5H3;9-11,14H,5-8H2,1-4H3;/q-1;;/b;12-9-;. The first-order valence-electron chi connectivity index (χ1n) is 17.9. The minimum Gasteiger partial charge on any atom is -0.512 e. The fourth-order valence-electron chi connectivity index (χ4n) is 6.44. The summed E-state index contributed by atoms with van der Waals surface area (Å²) in [6.45, 7) is 19.4. The summed E-state index contributed by atoms with van der Waals surface area (Å²) in [6.07, 6.45) is 12.0. The second kappa shape index (κ2) is 18.3. The van der Waals surface area contributed by atoms with Crippen molar-refractivity contribution >= 4 is 38.0 Å². The van der Waals surface area contributed by atoms with E-state index in [2.05, 4.69) is 101 Å². The molecule has 0 aliphatic carbocycles. The van der Waals surface area contributed by atoms with Crippen molar-refractivity contribution in [2.75, 3.05) is 0 Å². The van der Waals surface area contributed by atoms with Crippen molar-refractivity contribution in [1.82, 2.24) is 4.98 Å². The maximum Gasteiger partial charge on any atom is 0.162 e. The van der Waals surface area contributed by atoms with Crippen LogP contribution in [0.1, 0.15) is 98.4 Å². The number of carbonyl (C=O) groups is 1. The first-order chi connectivity index (χ1) is 23.3. The number of rotatable bonds is 11. The van der Waals surface area contributed by atoms with Gasteiger partial charge in [0.05, 0.1) is 16.7 Å². The molecule has 5 rings (SSSR count). The number of hydrogen-bond donors (Lipinski definition) is 1. The van der Waals surface area contributed by atoms with Gasteiger partial charge in [-0.15, -0.1) is 40.5 Å².